The fourth-order valence-electron chi connectivity index (χ4n) is 2.61. The summed E-state index contributed by atoms with van der Waals surface area (Å²) in [6.45, 7) is 1.86. The molecule has 0 radical (unpaired) electrons. The van der Waals surface area contributed by atoms with Crippen LogP contribution in [0.1, 0.15) is 18.5 Å². The van der Waals surface area contributed by atoms with Crippen LogP contribution in [0.15, 0.2) is 36.5 Å². The standard InChI is InChI=1S/C18H17FN4O2/c1-10-17(22-18(24)11-2-3-11)21-16-7-5-13(9-23(10)16)25-15-6-4-12(20)8-14(15)19/h4-9,11H,2-3,20H2,1H3,(H,22,24). The fraction of sp³-hybridized carbons (Fsp3) is 0.222. The van der Waals surface area contributed by atoms with Crippen molar-refractivity contribution >= 4 is 23.1 Å². The van der Waals surface area contributed by atoms with E-state index in [-0.39, 0.29) is 17.6 Å². The number of nitrogens with two attached hydrogens (primary N) is 1. The SMILES string of the molecule is Cc1c(NC(=O)C2CC2)nc2ccc(Oc3ccc(N)cc3F)cn12. The summed E-state index contributed by atoms with van der Waals surface area (Å²) in [6.07, 6.45) is 3.58. The molecule has 0 aliphatic heterocycles. The van der Waals surface area contributed by atoms with E-state index < -0.39 is 5.82 Å². The zero-order valence-electron chi connectivity index (χ0n) is 13.6. The Balaban J connectivity index is 1.62. The predicted molar refractivity (Wildman–Crippen MR) is 92.2 cm³/mol. The minimum Gasteiger partial charge on any atom is -0.453 e. The summed E-state index contributed by atoms with van der Waals surface area (Å²) >= 11 is 0. The first kappa shape index (κ1) is 15.4. The Morgan fingerprint density at radius 3 is 2.88 bits per heavy atom. The van der Waals surface area contributed by atoms with Gasteiger partial charge in [0.2, 0.25) is 5.91 Å². The molecule has 2 aromatic heterocycles. The number of aromatic nitrogens is 2. The van der Waals surface area contributed by atoms with Crippen LogP contribution in [0.3, 0.4) is 0 Å². The molecule has 4 rings (SSSR count). The number of imidazole rings is 1. The normalized spacial score (nSPS) is 13.8. The number of benzene rings is 1. The van der Waals surface area contributed by atoms with Gasteiger partial charge in [-0.1, -0.05) is 0 Å². The van der Waals surface area contributed by atoms with Crippen molar-refractivity contribution in [3.63, 3.8) is 0 Å². The first-order valence-corrected chi connectivity index (χ1v) is 8.04. The molecule has 6 nitrogen and oxygen atoms in total. The van der Waals surface area contributed by atoms with Crippen molar-refractivity contribution in [1.29, 1.82) is 0 Å². The summed E-state index contributed by atoms with van der Waals surface area (Å²) in [4.78, 5) is 16.4. The summed E-state index contributed by atoms with van der Waals surface area (Å²) in [7, 11) is 0. The Morgan fingerprint density at radius 1 is 1.36 bits per heavy atom. The molecule has 0 bridgehead atoms. The average molecular weight is 340 g/mol. The number of hydrogen-bond donors (Lipinski definition) is 2. The predicted octanol–water partition coefficient (Wildman–Crippen LogP) is 3.50. The van der Waals surface area contributed by atoms with Crippen molar-refractivity contribution in [2.24, 2.45) is 5.92 Å². The van der Waals surface area contributed by atoms with Gasteiger partial charge >= 0.3 is 0 Å². The molecule has 1 aliphatic carbocycles. The Labute approximate surface area is 143 Å². The fourth-order valence-corrected chi connectivity index (χ4v) is 2.61. The maximum Gasteiger partial charge on any atom is 0.228 e. The first-order chi connectivity index (χ1) is 12.0. The highest BCUT2D eigenvalue weighted by atomic mass is 19.1. The highest BCUT2D eigenvalue weighted by Crippen LogP contribution is 2.31. The molecule has 0 spiro atoms. The number of ether oxygens (including phenoxy) is 1. The van der Waals surface area contributed by atoms with Gasteiger partial charge in [0, 0.05) is 17.7 Å². The molecule has 128 valence electrons. The maximum absolute atomic E-state index is 13.9. The summed E-state index contributed by atoms with van der Waals surface area (Å²) in [5.41, 5.74) is 7.34. The number of halogens is 1. The third-order valence-corrected chi connectivity index (χ3v) is 4.20. The monoisotopic (exact) mass is 340 g/mol. The van der Waals surface area contributed by atoms with Crippen LogP contribution in [0.2, 0.25) is 0 Å². The van der Waals surface area contributed by atoms with Crippen molar-refractivity contribution in [2.75, 3.05) is 11.1 Å². The third-order valence-electron chi connectivity index (χ3n) is 4.20. The van der Waals surface area contributed by atoms with Crippen LogP contribution in [0.4, 0.5) is 15.9 Å². The lowest BCUT2D eigenvalue weighted by Crippen LogP contribution is -2.14. The van der Waals surface area contributed by atoms with Crippen LogP contribution in [0, 0.1) is 18.7 Å². The summed E-state index contributed by atoms with van der Waals surface area (Å²) in [5, 5.41) is 2.86. The number of aryl methyl sites for hydroxylation is 1. The topological polar surface area (TPSA) is 81.6 Å². The summed E-state index contributed by atoms with van der Waals surface area (Å²) in [5.74, 6) is 0.668. The molecule has 1 aromatic carbocycles. The van der Waals surface area contributed by atoms with Crippen molar-refractivity contribution in [1.82, 2.24) is 9.38 Å². The molecule has 0 saturated heterocycles. The van der Waals surface area contributed by atoms with Gasteiger partial charge < -0.3 is 15.8 Å². The number of nitrogens with zero attached hydrogens (tertiary/aromatic N) is 2. The lowest BCUT2D eigenvalue weighted by molar-refractivity contribution is -0.117. The first-order valence-electron chi connectivity index (χ1n) is 8.04. The molecule has 2 heterocycles. The second kappa shape index (κ2) is 5.77. The van der Waals surface area contributed by atoms with Crippen LogP contribution >= 0.6 is 0 Å². The van der Waals surface area contributed by atoms with Crippen molar-refractivity contribution in [2.45, 2.75) is 19.8 Å². The third kappa shape index (κ3) is 3.00. The summed E-state index contributed by atoms with van der Waals surface area (Å²) < 4.78 is 21.3. The maximum atomic E-state index is 13.9. The Hall–Kier alpha value is -3.09. The van der Waals surface area contributed by atoms with E-state index in [0.29, 0.717) is 22.9 Å². The van der Waals surface area contributed by atoms with Gasteiger partial charge in [0.15, 0.2) is 17.4 Å². The van der Waals surface area contributed by atoms with Crippen molar-refractivity contribution in [3.05, 3.63) is 48.0 Å². The van der Waals surface area contributed by atoms with Gasteiger partial charge in [-0.2, -0.15) is 0 Å². The van der Waals surface area contributed by atoms with Crippen LogP contribution < -0.4 is 15.8 Å². The molecule has 1 fully saturated rings. The van der Waals surface area contributed by atoms with Crippen molar-refractivity contribution < 1.29 is 13.9 Å². The van der Waals surface area contributed by atoms with Gasteiger partial charge in [-0.15, -0.1) is 0 Å². The second-order valence-corrected chi connectivity index (χ2v) is 6.19. The highest BCUT2D eigenvalue weighted by Gasteiger charge is 2.30. The van der Waals surface area contributed by atoms with E-state index in [0.717, 1.165) is 18.5 Å². The number of carbonyl (C=O) groups excluding carboxylic acids is 1. The number of carbonyl (C=O) groups is 1. The smallest absolute Gasteiger partial charge is 0.228 e. The van der Waals surface area contributed by atoms with Crippen LogP contribution in [0.25, 0.3) is 5.65 Å². The van der Waals surface area contributed by atoms with Gasteiger partial charge in [-0.3, -0.25) is 9.20 Å². The molecule has 1 aliphatic rings. The van der Waals surface area contributed by atoms with Gasteiger partial charge in [0.25, 0.3) is 0 Å². The molecule has 0 atom stereocenters. The van der Waals surface area contributed by atoms with E-state index in [1.54, 1.807) is 28.8 Å². The van der Waals surface area contributed by atoms with Crippen LogP contribution in [-0.2, 0) is 4.79 Å². The number of anilines is 2. The van der Waals surface area contributed by atoms with E-state index in [9.17, 15) is 9.18 Å². The Bertz CT molecular complexity index is 979. The second-order valence-electron chi connectivity index (χ2n) is 6.19. The van der Waals surface area contributed by atoms with E-state index in [4.69, 9.17) is 10.5 Å². The van der Waals surface area contributed by atoms with Gasteiger partial charge in [0.05, 0.1) is 11.9 Å². The minimum absolute atomic E-state index is 0.00641. The molecule has 3 N–H and O–H groups in total. The molecule has 1 amide bonds. The zero-order valence-corrected chi connectivity index (χ0v) is 13.6. The molecular weight excluding hydrogens is 323 g/mol. The largest absolute Gasteiger partial charge is 0.453 e. The Kier molecular flexibility index (Phi) is 3.56. The van der Waals surface area contributed by atoms with Crippen LogP contribution in [-0.4, -0.2) is 15.3 Å². The average Bonchev–Trinajstić information content (AvgIpc) is 3.38. The van der Waals surface area contributed by atoms with E-state index >= 15 is 0 Å². The highest BCUT2D eigenvalue weighted by molar-refractivity contribution is 5.94. The molecule has 25 heavy (non-hydrogen) atoms. The van der Waals surface area contributed by atoms with E-state index in [2.05, 4.69) is 10.3 Å². The number of pyridine rings is 1. The minimum atomic E-state index is -0.528. The quantitative estimate of drug-likeness (QED) is 0.712. The number of fused-ring (bicyclic) bond motifs is 1. The molecule has 1 saturated carbocycles. The molecular formula is C18H17FN4O2. The number of nitrogens with one attached hydrogen (secondary N) is 1. The molecule has 0 unspecified atom stereocenters. The lowest BCUT2D eigenvalue weighted by Gasteiger charge is -2.08. The van der Waals surface area contributed by atoms with E-state index in [1.165, 1.54) is 12.1 Å². The number of nitrogen functional groups attached to an aromatic ring is 1. The molecule has 7 heteroatoms. The Morgan fingerprint density at radius 2 is 2.16 bits per heavy atom. The lowest BCUT2D eigenvalue weighted by atomic mass is 10.3. The van der Waals surface area contributed by atoms with Gasteiger partial charge in [-0.05, 0) is 44.0 Å². The van der Waals surface area contributed by atoms with Crippen LogP contribution in [0.5, 0.6) is 11.5 Å². The van der Waals surface area contributed by atoms with Crippen molar-refractivity contribution in [3.8, 4) is 11.5 Å². The number of rotatable bonds is 4. The number of hydrogen-bond acceptors (Lipinski definition) is 4. The number of amides is 1. The van der Waals surface area contributed by atoms with E-state index in [1.807, 2.05) is 6.92 Å². The van der Waals surface area contributed by atoms with Gasteiger partial charge in [-0.25, -0.2) is 9.37 Å². The zero-order chi connectivity index (χ0) is 17.6. The van der Waals surface area contributed by atoms with Gasteiger partial charge in [0.1, 0.15) is 11.4 Å². The summed E-state index contributed by atoms with van der Waals surface area (Å²) in [6, 6.07) is 7.72. The molecule has 3 aromatic rings.